The van der Waals surface area contributed by atoms with Crippen LogP contribution in [0.5, 0.6) is 11.5 Å². The number of aryl methyl sites for hydroxylation is 1. The summed E-state index contributed by atoms with van der Waals surface area (Å²) in [5.74, 6) is 1.51. The Bertz CT molecular complexity index is 370. The molecule has 0 aliphatic carbocycles. The fourth-order valence-corrected chi connectivity index (χ4v) is 2.30. The summed E-state index contributed by atoms with van der Waals surface area (Å²) in [6.07, 6.45) is 2.27. The Morgan fingerprint density at radius 2 is 2.31 bits per heavy atom. The van der Waals surface area contributed by atoms with E-state index in [1.807, 2.05) is 12.1 Å². The van der Waals surface area contributed by atoms with Crippen molar-refractivity contribution in [1.82, 2.24) is 5.32 Å². The van der Waals surface area contributed by atoms with Crippen molar-refractivity contribution in [3.05, 3.63) is 23.3 Å². The molecule has 16 heavy (non-hydrogen) atoms. The molecule has 3 nitrogen and oxygen atoms in total. The number of aromatic hydroxyl groups is 1. The third-order valence-electron chi connectivity index (χ3n) is 3.31. The smallest absolute Gasteiger partial charge is 0.160 e. The summed E-state index contributed by atoms with van der Waals surface area (Å²) >= 11 is 0. The normalized spacial score (nSPS) is 20.0. The molecule has 1 fully saturated rings. The van der Waals surface area contributed by atoms with Crippen molar-refractivity contribution in [3.63, 3.8) is 0 Å². The molecule has 0 amide bonds. The van der Waals surface area contributed by atoms with Gasteiger partial charge in [0.25, 0.3) is 0 Å². The molecular weight excluding hydrogens is 202 g/mol. The molecule has 0 aromatic heterocycles. The Morgan fingerprint density at radius 3 is 2.94 bits per heavy atom. The van der Waals surface area contributed by atoms with Gasteiger partial charge in [-0.05, 0) is 62.0 Å². The highest BCUT2D eigenvalue weighted by Crippen LogP contribution is 2.30. The third-order valence-corrected chi connectivity index (χ3v) is 3.31. The van der Waals surface area contributed by atoms with Crippen molar-refractivity contribution >= 4 is 0 Å². The molecule has 0 bridgehead atoms. The Kier molecular flexibility index (Phi) is 3.34. The predicted octanol–water partition coefficient (Wildman–Crippen LogP) is 1.86. The van der Waals surface area contributed by atoms with Gasteiger partial charge in [-0.2, -0.15) is 0 Å². The number of rotatable bonds is 3. The molecule has 1 aromatic carbocycles. The lowest BCUT2D eigenvalue weighted by Gasteiger charge is -2.13. The van der Waals surface area contributed by atoms with Crippen molar-refractivity contribution in [2.75, 3.05) is 20.2 Å². The third kappa shape index (κ3) is 2.30. The molecular formula is C13H19NO2. The molecule has 1 aliphatic heterocycles. The fourth-order valence-electron chi connectivity index (χ4n) is 2.30. The van der Waals surface area contributed by atoms with E-state index in [1.54, 1.807) is 7.11 Å². The molecule has 1 saturated heterocycles. The van der Waals surface area contributed by atoms with Crippen molar-refractivity contribution < 1.29 is 9.84 Å². The highest BCUT2D eigenvalue weighted by Gasteiger charge is 2.17. The number of benzene rings is 1. The minimum absolute atomic E-state index is 0.244. The van der Waals surface area contributed by atoms with Crippen LogP contribution in [0.25, 0.3) is 0 Å². The summed E-state index contributed by atoms with van der Waals surface area (Å²) in [5, 5.41) is 13.1. The van der Waals surface area contributed by atoms with Gasteiger partial charge in [0.15, 0.2) is 11.5 Å². The van der Waals surface area contributed by atoms with E-state index in [4.69, 9.17) is 4.74 Å². The van der Waals surface area contributed by atoms with Gasteiger partial charge in [-0.3, -0.25) is 0 Å². The van der Waals surface area contributed by atoms with E-state index in [1.165, 1.54) is 17.5 Å². The lowest BCUT2D eigenvalue weighted by molar-refractivity contribution is 0.372. The van der Waals surface area contributed by atoms with Crippen LogP contribution < -0.4 is 10.1 Å². The molecule has 1 aliphatic rings. The summed E-state index contributed by atoms with van der Waals surface area (Å²) in [5.41, 5.74) is 2.42. The molecule has 0 radical (unpaired) electrons. The fraction of sp³-hybridized carbons (Fsp3) is 0.538. The van der Waals surface area contributed by atoms with Gasteiger partial charge in [0.2, 0.25) is 0 Å². The number of methoxy groups -OCH3 is 1. The molecule has 2 rings (SSSR count). The SMILES string of the molecule is COc1cc(C)c(CC2CCNC2)cc1O. The first kappa shape index (κ1) is 11.3. The van der Waals surface area contributed by atoms with E-state index in [0.717, 1.165) is 19.5 Å². The van der Waals surface area contributed by atoms with Crippen molar-refractivity contribution in [2.24, 2.45) is 5.92 Å². The van der Waals surface area contributed by atoms with Gasteiger partial charge < -0.3 is 15.2 Å². The summed E-state index contributed by atoms with van der Waals surface area (Å²) in [7, 11) is 1.58. The first-order valence-corrected chi connectivity index (χ1v) is 5.78. The number of hydrogen-bond donors (Lipinski definition) is 2. The average Bonchev–Trinajstić information content (AvgIpc) is 2.75. The molecule has 1 unspecified atom stereocenters. The van der Waals surface area contributed by atoms with Crippen LogP contribution in [0.3, 0.4) is 0 Å². The Hall–Kier alpha value is -1.22. The van der Waals surface area contributed by atoms with Crippen LogP contribution in [0, 0.1) is 12.8 Å². The number of ether oxygens (including phenoxy) is 1. The minimum Gasteiger partial charge on any atom is -0.504 e. The van der Waals surface area contributed by atoms with E-state index in [2.05, 4.69) is 12.2 Å². The maximum Gasteiger partial charge on any atom is 0.160 e. The second kappa shape index (κ2) is 4.74. The first-order valence-electron chi connectivity index (χ1n) is 5.78. The maximum atomic E-state index is 9.75. The van der Waals surface area contributed by atoms with Gasteiger partial charge in [-0.25, -0.2) is 0 Å². The van der Waals surface area contributed by atoms with Crippen molar-refractivity contribution in [2.45, 2.75) is 19.8 Å². The van der Waals surface area contributed by atoms with Crippen LogP contribution in [-0.4, -0.2) is 25.3 Å². The van der Waals surface area contributed by atoms with E-state index in [9.17, 15) is 5.11 Å². The van der Waals surface area contributed by atoms with Crippen LogP contribution in [-0.2, 0) is 6.42 Å². The van der Waals surface area contributed by atoms with E-state index >= 15 is 0 Å². The van der Waals surface area contributed by atoms with Crippen molar-refractivity contribution in [1.29, 1.82) is 0 Å². The summed E-state index contributed by atoms with van der Waals surface area (Å²) < 4.78 is 5.09. The van der Waals surface area contributed by atoms with Crippen molar-refractivity contribution in [3.8, 4) is 11.5 Å². The Balaban J connectivity index is 2.17. The molecule has 0 spiro atoms. The van der Waals surface area contributed by atoms with Crippen LogP contribution in [0.2, 0.25) is 0 Å². The Morgan fingerprint density at radius 1 is 1.50 bits per heavy atom. The van der Waals surface area contributed by atoms with Gasteiger partial charge in [-0.1, -0.05) is 0 Å². The molecule has 88 valence electrons. The molecule has 0 saturated carbocycles. The number of phenols is 1. The van der Waals surface area contributed by atoms with Crippen LogP contribution in [0.15, 0.2) is 12.1 Å². The minimum atomic E-state index is 0.244. The predicted molar refractivity (Wildman–Crippen MR) is 64.1 cm³/mol. The van der Waals surface area contributed by atoms with E-state index in [0.29, 0.717) is 11.7 Å². The van der Waals surface area contributed by atoms with Crippen LogP contribution >= 0.6 is 0 Å². The van der Waals surface area contributed by atoms with Gasteiger partial charge in [0, 0.05) is 0 Å². The number of hydrogen-bond acceptors (Lipinski definition) is 3. The number of phenolic OH excluding ortho intramolecular Hbond substituents is 1. The van der Waals surface area contributed by atoms with Crippen LogP contribution in [0.4, 0.5) is 0 Å². The lowest BCUT2D eigenvalue weighted by atomic mass is 9.95. The highest BCUT2D eigenvalue weighted by atomic mass is 16.5. The summed E-state index contributed by atoms with van der Waals surface area (Å²) in [6, 6.07) is 3.75. The lowest BCUT2D eigenvalue weighted by Crippen LogP contribution is -2.11. The molecule has 1 atom stereocenters. The molecule has 2 N–H and O–H groups in total. The Labute approximate surface area is 96.4 Å². The molecule has 1 aromatic rings. The molecule has 1 heterocycles. The van der Waals surface area contributed by atoms with E-state index < -0.39 is 0 Å². The zero-order chi connectivity index (χ0) is 11.5. The van der Waals surface area contributed by atoms with Gasteiger partial charge in [-0.15, -0.1) is 0 Å². The summed E-state index contributed by atoms with van der Waals surface area (Å²) in [6.45, 7) is 4.28. The van der Waals surface area contributed by atoms with Gasteiger partial charge in [0.1, 0.15) is 0 Å². The summed E-state index contributed by atoms with van der Waals surface area (Å²) in [4.78, 5) is 0. The second-order valence-electron chi connectivity index (χ2n) is 4.51. The van der Waals surface area contributed by atoms with E-state index in [-0.39, 0.29) is 5.75 Å². The second-order valence-corrected chi connectivity index (χ2v) is 4.51. The quantitative estimate of drug-likeness (QED) is 0.818. The monoisotopic (exact) mass is 221 g/mol. The zero-order valence-electron chi connectivity index (χ0n) is 9.92. The largest absolute Gasteiger partial charge is 0.504 e. The standard InChI is InChI=1S/C13H19NO2/c1-9-5-13(16-2)12(15)7-11(9)6-10-3-4-14-8-10/h5,7,10,14-15H,3-4,6,8H2,1-2H3. The zero-order valence-corrected chi connectivity index (χ0v) is 9.92. The average molecular weight is 221 g/mol. The maximum absolute atomic E-state index is 9.75. The van der Waals surface area contributed by atoms with Crippen LogP contribution in [0.1, 0.15) is 17.5 Å². The number of nitrogens with one attached hydrogen (secondary N) is 1. The highest BCUT2D eigenvalue weighted by molar-refractivity contribution is 5.46. The van der Waals surface area contributed by atoms with Gasteiger partial charge >= 0.3 is 0 Å². The first-order chi connectivity index (χ1) is 7.70. The topological polar surface area (TPSA) is 41.5 Å². The van der Waals surface area contributed by atoms with Gasteiger partial charge in [0.05, 0.1) is 7.11 Å². The molecule has 3 heteroatoms.